The molecule has 3 rings (SSSR count). The molecule has 1 amide bonds. The highest BCUT2D eigenvalue weighted by molar-refractivity contribution is 9.10. The van der Waals surface area contributed by atoms with Gasteiger partial charge in [-0.25, -0.2) is 0 Å². The molecule has 0 aromatic heterocycles. The van der Waals surface area contributed by atoms with E-state index in [-0.39, 0.29) is 5.91 Å². The summed E-state index contributed by atoms with van der Waals surface area (Å²) in [5.74, 6) is -0.0814. The number of hydrogen-bond donors (Lipinski definition) is 1. The summed E-state index contributed by atoms with van der Waals surface area (Å²) in [6, 6.07) is 15.9. The van der Waals surface area contributed by atoms with Crippen LogP contribution in [0.4, 0.5) is 0 Å². The van der Waals surface area contributed by atoms with Crippen molar-refractivity contribution in [1.29, 1.82) is 0 Å². The molecule has 1 unspecified atom stereocenters. The maximum atomic E-state index is 12.4. The Balaban J connectivity index is 1.69. The molecule has 1 aliphatic rings. The number of carbonyl (C=O) groups excluding carboxylic acids is 1. The van der Waals surface area contributed by atoms with E-state index in [1.54, 1.807) is 0 Å². The molecule has 21 heavy (non-hydrogen) atoms. The number of amides is 1. The summed E-state index contributed by atoms with van der Waals surface area (Å²) < 4.78 is 6.66. The summed E-state index contributed by atoms with van der Waals surface area (Å²) >= 11 is 3.43. The molecule has 0 saturated carbocycles. The van der Waals surface area contributed by atoms with Gasteiger partial charge in [0, 0.05) is 11.0 Å². The first-order valence-electron chi connectivity index (χ1n) is 6.95. The van der Waals surface area contributed by atoms with Gasteiger partial charge in [-0.15, -0.1) is 0 Å². The monoisotopic (exact) mass is 345 g/mol. The second-order valence-corrected chi connectivity index (χ2v) is 5.96. The van der Waals surface area contributed by atoms with E-state index in [2.05, 4.69) is 27.3 Å². The first-order chi connectivity index (χ1) is 10.2. The van der Waals surface area contributed by atoms with Gasteiger partial charge in [-0.2, -0.15) is 0 Å². The first-order valence-corrected chi connectivity index (χ1v) is 7.75. The second kappa shape index (κ2) is 6.41. The number of fused-ring (bicyclic) bond motifs is 1. The lowest BCUT2D eigenvalue weighted by Crippen LogP contribution is -2.33. The molecule has 1 heterocycles. The third-order valence-corrected chi connectivity index (χ3v) is 4.08. The third-order valence-electron chi connectivity index (χ3n) is 3.59. The van der Waals surface area contributed by atoms with E-state index in [0.717, 1.165) is 22.0 Å². The fourth-order valence-electron chi connectivity index (χ4n) is 2.54. The Kier molecular flexibility index (Phi) is 4.36. The van der Waals surface area contributed by atoms with E-state index < -0.39 is 6.10 Å². The van der Waals surface area contributed by atoms with Crippen molar-refractivity contribution < 1.29 is 9.53 Å². The van der Waals surface area contributed by atoms with Gasteiger partial charge in [-0.05, 0) is 35.2 Å². The summed E-state index contributed by atoms with van der Waals surface area (Å²) in [7, 11) is 0. The van der Waals surface area contributed by atoms with Crippen molar-refractivity contribution in [3.8, 4) is 0 Å². The Hall–Kier alpha value is -1.65. The smallest absolute Gasteiger partial charge is 0.254 e. The molecule has 0 saturated heterocycles. The number of carbonyl (C=O) groups is 1. The van der Waals surface area contributed by atoms with Crippen LogP contribution in [0.25, 0.3) is 0 Å². The average Bonchev–Trinajstić information content (AvgIpc) is 2.52. The fourth-order valence-corrected chi connectivity index (χ4v) is 2.99. The maximum absolute atomic E-state index is 12.4. The van der Waals surface area contributed by atoms with Gasteiger partial charge in [-0.1, -0.05) is 52.3 Å². The highest BCUT2D eigenvalue weighted by atomic mass is 79.9. The van der Waals surface area contributed by atoms with E-state index in [9.17, 15) is 4.79 Å². The van der Waals surface area contributed by atoms with Crippen molar-refractivity contribution in [2.75, 3.05) is 6.61 Å². The zero-order chi connectivity index (χ0) is 14.7. The summed E-state index contributed by atoms with van der Waals surface area (Å²) in [5.41, 5.74) is 3.24. The molecule has 1 N–H and O–H groups in total. The SMILES string of the molecule is O=C(NCc1cccc(Br)c1)C1OCCc2ccccc21. The molecule has 108 valence electrons. The van der Waals surface area contributed by atoms with Gasteiger partial charge in [-0.3, -0.25) is 4.79 Å². The van der Waals surface area contributed by atoms with Crippen LogP contribution in [-0.2, 0) is 22.5 Å². The third kappa shape index (κ3) is 3.34. The maximum Gasteiger partial charge on any atom is 0.254 e. The van der Waals surface area contributed by atoms with Crippen molar-refractivity contribution >= 4 is 21.8 Å². The molecule has 0 radical (unpaired) electrons. The Morgan fingerprint density at radius 2 is 2.10 bits per heavy atom. The van der Waals surface area contributed by atoms with Crippen LogP contribution in [0.15, 0.2) is 53.0 Å². The van der Waals surface area contributed by atoms with Crippen LogP contribution in [0.1, 0.15) is 22.8 Å². The Labute approximate surface area is 132 Å². The van der Waals surface area contributed by atoms with Gasteiger partial charge in [0.2, 0.25) is 0 Å². The summed E-state index contributed by atoms with van der Waals surface area (Å²) in [6.07, 6.45) is 0.369. The minimum atomic E-state index is -0.498. The minimum Gasteiger partial charge on any atom is -0.363 e. The van der Waals surface area contributed by atoms with Crippen molar-refractivity contribution in [1.82, 2.24) is 5.32 Å². The first kappa shape index (κ1) is 14.3. The Morgan fingerprint density at radius 3 is 2.95 bits per heavy atom. The van der Waals surface area contributed by atoms with E-state index >= 15 is 0 Å². The highest BCUT2D eigenvalue weighted by Gasteiger charge is 2.26. The quantitative estimate of drug-likeness (QED) is 0.925. The zero-order valence-electron chi connectivity index (χ0n) is 11.5. The Morgan fingerprint density at radius 1 is 1.24 bits per heavy atom. The zero-order valence-corrected chi connectivity index (χ0v) is 13.1. The van der Waals surface area contributed by atoms with Gasteiger partial charge in [0.25, 0.3) is 5.91 Å². The van der Waals surface area contributed by atoms with Crippen LogP contribution in [-0.4, -0.2) is 12.5 Å². The van der Waals surface area contributed by atoms with Gasteiger partial charge in [0.1, 0.15) is 0 Å². The predicted molar refractivity (Wildman–Crippen MR) is 84.8 cm³/mol. The lowest BCUT2D eigenvalue weighted by molar-refractivity contribution is -0.134. The molecule has 0 aliphatic carbocycles. The van der Waals surface area contributed by atoms with Crippen LogP contribution in [0, 0.1) is 0 Å². The minimum absolute atomic E-state index is 0.0814. The van der Waals surface area contributed by atoms with Crippen LogP contribution in [0.5, 0.6) is 0 Å². The lowest BCUT2D eigenvalue weighted by Gasteiger charge is -2.25. The highest BCUT2D eigenvalue weighted by Crippen LogP contribution is 2.27. The van der Waals surface area contributed by atoms with Gasteiger partial charge < -0.3 is 10.1 Å². The number of benzene rings is 2. The molecular formula is C17H16BrNO2. The molecule has 0 bridgehead atoms. The number of nitrogens with one attached hydrogen (secondary N) is 1. The summed E-state index contributed by atoms with van der Waals surface area (Å²) in [6.45, 7) is 1.09. The van der Waals surface area contributed by atoms with Gasteiger partial charge in [0.05, 0.1) is 6.61 Å². The largest absolute Gasteiger partial charge is 0.363 e. The van der Waals surface area contributed by atoms with E-state index in [4.69, 9.17) is 4.74 Å². The van der Waals surface area contributed by atoms with Crippen LogP contribution in [0.3, 0.4) is 0 Å². The van der Waals surface area contributed by atoms with Crippen LogP contribution >= 0.6 is 15.9 Å². The number of halogens is 1. The van der Waals surface area contributed by atoms with E-state index in [0.29, 0.717) is 13.2 Å². The lowest BCUT2D eigenvalue weighted by atomic mass is 9.97. The number of rotatable bonds is 3. The number of ether oxygens (including phenoxy) is 1. The van der Waals surface area contributed by atoms with Crippen molar-refractivity contribution in [3.63, 3.8) is 0 Å². The molecular weight excluding hydrogens is 330 g/mol. The van der Waals surface area contributed by atoms with Gasteiger partial charge in [0.15, 0.2) is 6.10 Å². The molecule has 3 nitrogen and oxygen atoms in total. The van der Waals surface area contributed by atoms with E-state index in [1.165, 1.54) is 5.56 Å². The van der Waals surface area contributed by atoms with Crippen LogP contribution in [0.2, 0.25) is 0 Å². The topological polar surface area (TPSA) is 38.3 Å². The normalized spacial score (nSPS) is 17.1. The number of hydrogen-bond acceptors (Lipinski definition) is 2. The predicted octanol–water partition coefficient (Wildman–Crippen LogP) is 3.38. The molecule has 2 aromatic carbocycles. The summed E-state index contributed by atoms with van der Waals surface area (Å²) in [4.78, 5) is 12.4. The van der Waals surface area contributed by atoms with E-state index in [1.807, 2.05) is 42.5 Å². The van der Waals surface area contributed by atoms with Crippen molar-refractivity contribution in [2.24, 2.45) is 0 Å². The molecule has 4 heteroatoms. The van der Waals surface area contributed by atoms with Crippen LogP contribution < -0.4 is 5.32 Å². The molecule has 1 atom stereocenters. The second-order valence-electron chi connectivity index (χ2n) is 5.05. The fraction of sp³-hybridized carbons (Fsp3) is 0.235. The molecule has 1 aliphatic heterocycles. The Bertz CT molecular complexity index is 657. The van der Waals surface area contributed by atoms with Crippen molar-refractivity contribution in [2.45, 2.75) is 19.1 Å². The summed E-state index contributed by atoms with van der Waals surface area (Å²) in [5, 5.41) is 2.95. The molecule has 0 spiro atoms. The standard InChI is InChI=1S/C17H16BrNO2/c18-14-6-3-4-12(10-14)11-19-17(20)16-15-7-2-1-5-13(15)8-9-21-16/h1-7,10,16H,8-9,11H2,(H,19,20). The van der Waals surface area contributed by atoms with Crippen molar-refractivity contribution in [3.05, 3.63) is 69.7 Å². The molecule has 2 aromatic rings. The average molecular weight is 346 g/mol. The van der Waals surface area contributed by atoms with Gasteiger partial charge >= 0.3 is 0 Å². The molecule has 0 fully saturated rings.